The van der Waals surface area contributed by atoms with Crippen molar-refractivity contribution in [1.82, 2.24) is 4.90 Å². The molecule has 27 heavy (non-hydrogen) atoms. The van der Waals surface area contributed by atoms with E-state index in [-0.39, 0.29) is 24.3 Å². The van der Waals surface area contributed by atoms with Crippen LogP contribution in [0.15, 0.2) is 18.2 Å². The van der Waals surface area contributed by atoms with Crippen LogP contribution in [0.25, 0.3) is 0 Å². The number of ether oxygens (including phenoxy) is 2. The third-order valence-electron chi connectivity index (χ3n) is 4.89. The zero-order chi connectivity index (χ0) is 20.0. The van der Waals surface area contributed by atoms with Gasteiger partial charge in [0.25, 0.3) is 0 Å². The Morgan fingerprint density at radius 2 is 1.93 bits per heavy atom. The highest BCUT2D eigenvalue weighted by Gasteiger charge is 2.48. The normalized spacial score (nSPS) is 25.1. The number of hydrogen-bond acceptors (Lipinski definition) is 3. The van der Waals surface area contributed by atoms with Crippen LogP contribution in [0.2, 0.25) is 0 Å². The standard InChI is InChI=1S/C19H23F4NO3/c1-18(2,3)27-17(25)24-9-11-6-15(24)16(7-11)26-10-12-4-5-13(8-14(12)20)19(21,22)23/h4-5,8,11,15-16H,6-7,9-10H2,1-3H3/t11-,15+,16-/m0/s1. The smallest absolute Gasteiger partial charge is 0.416 e. The summed E-state index contributed by atoms with van der Waals surface area (Å²) >= 11 is 0. The van der Waals surface area contributed by atoms with Crippen LogP contribution in [-0.2, 0) is 22.3 Å². The van der Waals surface area contributed by atoms with Crippen molar-refractivity contribution in [3.8, 4) is 0 Å². The van der Waals surface area contributed by atoms with E-state index in [9.17, 15) is 22.4 Å². The first-order valence-corrected chi connectivity index (χ1v) is 8.91. The number of amides is 1. The van der Waals surface area contributed by atoms with Gasteiger partial charge in [0.2, 0.25) is 0 Å². The molecule has 1 aliphatic carbocycles. The van der Waals surface area contributed by atoms with E-state index in [1.165, 1.54) is 0 Å². The zero-order valence-corrected chi connectivity index (χ0v) is 15.5. The molecule has 1 heterocycles. The Balaban J connectivity index is 1.62. The number of fused-ring (bicyclic) bond motifs is 2. The predicted octanol–water partition coefficient (Wildman–Crippen LogP) is 4.76. The first-order valence-electron chi connectivity index (χ1n) is 8.91. The van der Waals surface area contributed by atoms with Crippen LogP contribution in [0.3, 0.4) is 0 Å². The molecule has 2 fully saturated rings. The second-order valence-corrected chi connectivity index (χ2v) is 8.19. The Labute approximate surface area is 155 Å². The molecule has 2 bridgehead atoms. The number of halogens is 4. The number of hydrogen-bond donors (Lipinski definition) is 0. The molecule has 1 amide bonds. The van der Waals surface area contributed by atoms with E-state index in [4.69, 9.17) is 9.47 Å². The van der Waals surface area contributed by atoms with Crippen molar-refractivity contribution in [3.63, 3.8) is 0 Å². The summed E-state index contributed by atoms with van der Waals surface area (Å²) in [6.45, 7) is 5.84. The Morgan fingerprint density at radius 3 is 2.48 bits per heavy atom. The number of piperidine rings is 1. The zero-order valence-electron chi connectivity index (χ0n) is 15.5. The quantitative estimate of drug-likeness (QED) is 0.700. The summed E-state index contributed by atoms with van der Waals surface area (Å²) in [5.74, 6) is -0.651. The largest absolute Gasteiger partial charge is 0.444 e. The van der Waals surface area contributed by atoms with Crippen LogP contribution >= 0.6 is 0 Å². The molecule has 1 saturated carbocycles. The van der Waals surface area contributed by atoms with Crippen LogP contribution in [-0.4, -0.2) is 35.3 Å². The number of likely N-dealkylation sites (tertiary alicyclic amines) is 1. The fraction of sp³-hybridized carbons (Fsp3) is 0.632. The van der Waals surface area contributed by atoms with Gasteiger partial charge in [-0.15, -0.1) is 0 Å². The molecule has 150 valence electrons. The molecule has 0 aromatic heterocycles. The molecular formula is C19H23F4NO3. The number of benzene rings is 1. The van der Waals surface area contributed by atoms with E-state index in [2.05, 4.69) is 0 Å². The fourth-order valence-electron chi connectivity index (χ4n) is 3.71. The minimum atomic E-state index is -4.58. The van der Waals surface area contributed by atoms with Gasteiger partial charge in [0, 0.05) is 12.1 Å². The third-order valence-corrected chi connectivity index (χ3v) is 4.89. The van der Waals surface area contributed by atoms with E-state index < -0.39 is 29.3 Å². The van der Waals surface area contributed by atoms with E-state index >= 15 is 0 Å². The van der Waals surface area contributed by atoms with Crippen molar-refractivity contribution >= 4 is 6.09 Å². The number of carbonyl (C=O) groups excluding carboxylic acids is 1. The summed E-state index contributed by atoms with van der Waals surface area (Å²) in [7, 11) is 0. The average molecular weight is 389 g/mol. The third kappa shape index (κ3) is 4.54. The molecule has 1 aliphatic heterocycles. The molecule has 1 aromatic carbocycles. The highest BCUT2D eigenvalue weighted by molar-refractivity contribution is 5.69. The van der Waals surface area contributed by atoms with Crippen LogP contribution in [0.5, 0.6) is 0 Å². The summed E-state index contributed by atoms with van der Waals surface area (Å²) in [5.41, 5.74) is -1.56. The number of rotatable bonds is 3. The second-order valence-electron chi connectivity index (χ2n) is 8.19. The van der Waals surface area contributed by atoms with Crippen molar-refractivity contribution in [3.05, 3.63) is 35.1 Å². The lowest BCUT2D eigenvalue weighted by atomic mass is 10.1. The first kappa shape index (κ1) is 19.9. The predicted molar refractivity (Wildman–Crippen MR) is 89.4 cm³/mol. The Hall–Kier alpha value is -1.83. The molecule has 0 N–H and O–H groups in total. The molecule has 3 atom stereocenters. The van der Waals surface area contributed by atoms with Crippen molar-refractivity contribution in [1.29, 1.82) is 0 Å². The van der Waals surface area contributed by atoms with Gasteiger partial charge >= 0.3 is 12.3 Å². The minimum Gasteiger partial charge on any atom is -0.444 e. The monoisotopic (exact) mass is 389 g/mol. The van der Waals surface area contributed by atoms with Crippen molar-refractivity contribution in [2.24, 2.45) is 5.92 Å². The summed E-state index contributed by atoms with van der Waals surface area (Å²) in [6.07, 6.45) is -3.73. The molecule has 1 aromatic rings. The second kappa shape index (κ2) is 6.96. The Morgan fingerprint density at radius 1 is 1.22 bits per heavy atom. The molecule has 1 saturated heterocycles. The Kier molecular flexibility index (Phi) is 5.14. The van der Waals surface area contributed by atoms with Gasteiger partial charge < -0.3 is 14.4 Å². The van der Waals surface area contributed by atoms with E-state index in [0.717, 1.165) is 25.0 Å². The summed E-state index contributed by atoms with van der Waals surface area (Å²) in [6, 6.07) is 2.27. The van der Waals surface area contributed by atoms with Crippen molar-refractivity contribution in [2.75, 3.05) is 6.54 Å². The maximum absolute atomic E-state index is 14.0. The highest BCUT2D eigenvalue weighted by atomic mass is 19.4. The molecule has 4 nitrogen and oxygen atoms in total. The molecule has 0 radical (unpaired) electrons. The highest BCUT2D eigenvalue weighted by Crippen LogP contribution is 2.40. The topological polar surface area (TPSA) is 38.8 Å². The number of carbonyl (C=O) groups is 1. The SMILES string of the molecule is CC(C)(C)OC(=O)N1C[C@@H]2C[C@H](OCc3ccc(C(F)(F)F)cc3F)[C@H]1C2. The van der Waals surface area contributed by atoms with Crippen molar-refractivity contribution in [2.45, 2.75) is 64.1 Å². The van der Waals surface area contributed by atoms with E-state index in [1.807, 2.05) is 0 Å². The fourth-order valence-corrected chi connectivity index (χ4v) is 3.71. The molecular weight excluding hydrogens is 366 g/mol. The molecule has 8 heteroatoms. The van der Waals surface area contributed by atoms with Gasteiger partial charge in [-0.05, 0) is 51.7 Å². The van der Waals surface area contributed by atoms with Crippen LogP contribution in [0, 0.1) is 11.7 Å². The van der Waals surface area contributed by atoms with Gasteiger partial charge in [0.15, 0.2) is 0 Å². The minimum absolute atomic E-state index is 0.0644. The van der Waals surface area contributed by atoms with Gasteiger partial charge in [-0.3, -0.25) is 0 Å². The maximum atomic E-state index is 14.0. The summed E-state index contributed by atoms with van der Waals surface area (Å²) < 4.78 is 63.0. The summed E-state index contributed by atoms with van der Waals surface area (Å²) in [5, 5.41) is 0. The van der Waals surface area contributed by atoms with Gasteiger partial charge in [-0.25, -0.2) is 9.18 Å². The van der Waals surface area contributed by atoms with Crippen molar-refractivity contribution < 1.29 is 31.8 Å². The number of alkyl halides is 3. The molecule has 2 aliphatic rings. The van der Waals surface area contributed by atoms with E-state index in [1.54, 1.807) is 25.7 Å². The summed E-state index contributed by atoms with van der Waals surface area (Å²) in [4.78, 5) is 14.0. The molecule has 0 spiro atoms. The van der Waals surface area contributed by atoms with Gasteiger partial charge in [0.05, 0.1) is 24.3 Å². The lowest BCUT2D eigenvalue weighted by Crippen LogP contribution is -2.47. The van der Waals surface area contributed by atoms with Crippen LogP contribution in [0.1, 0.15) is 44.7 Å². The van der Waals surface area contributed by atoms with Crippen LogP contribution < -0.4 is 0 Å². The van der Waals surface area contributed by atoms with Gasteiger partial charge in [-0.1, -0.05) is 6.07 Å². The molecule has 0 unspecified atom stereocenters. The maximum Gasteiger partial charge on any atom is 0.416 e. The lowest BCUT2D eigenvalue weighted by molar-refractivity contribution is -0.137. The number of nitrogens with zero attached hydrogens (tertiary/aromatic N) is 1. The average Bonchev–Trinajstić information content (AvgIpc) is 3.11. The van der Waals surface area contributed by atoms with Gasteiger partial charge in [-0.2, -0.15) is 13.2 Å². The van der Waals surface area contributed by atoms with Crippen LogP contribution in [0.4, 0.5) is 22.4 Å². The van der Waals surface area contributed by atoms with E-state index in [0.29, 0.717) is 18.5 Å². The van der Waals surface area contributed by atoms with Gasteiger partial charge in [0.1, 0.15) is 11.4 Å². The first-order chi connectivity index (χ1) is 12.4. The lowest BCUT2D eigenvalue weighted by Gasteiger charge is -2.34. The Bertz CT molecular complexity index is 714. The molecule has 3 rings (SSSR count).